The smallest absolute Gasteiger partial charge is 0.150 e. The molecule has 5 heteroatoms. The molecule has 1 aromatic heterocycles. The summed E-state index contributed by atoms with van der Waals surface area (Å²) in [6, 6.07) is 11.8. The molecule has 0 spiro atoms. The molecule has 24 heavy (non-hydrogen) atoms. The Hall–Kier alpha value is -1.98. The van der Waals surface area contributed by atoms with Crippen molar-refractivity contribution in [3.05, 3.63) is 54.4 Å². The first-order chi connectivity index (χ1) is 11.8. The van der Waals surface area contributed by atoms with Gasteiger partial charge in [-0.2, -0.15) is 5.10 Å². The standard InChI is InChI=1S/C19H20N2O2S/c22-18-10-16(9-15-5-1-2-6-17(15)18)24-13-14-11-20-21(12-14)19-7-3-4-8-23-19/h1-2,5-6,9-12,19,22H,3-4,7-8,13H2. The van der Waals surface area contributed by atoms with Gasteiger partial charge in [0.05, 0.1) is 6.20 Å². The number of phenols is 1. The number of hydrogen-bond acceptors (Lipinski definition) is 4. The van der Waals surface area contributed by atoms with Gasteiger partial charge in [-0.3, -0.25) is 0 Å². The number of aromatic nitrogens is 2. The normalized spacial score (nSPS) is 18.1. The van der Waals surface area contributed by atoms with Crippen molar-refractivity contribution in [1.82, 2.24) is 9.78 Å². The first kappa shape index (κ1) is 15.5. The number of ether oxygens (including phenoxy) is 1. The molecule has 0 amide bonds. The molecule has 0 radical (unpaired) electrons. The van der Waals surface area contributed by atoms with Gasteiger partial charge in [-0.1, -0.05) is 24.3 Å². The van der Waals surface area contributed by atoms with E-state index in [9.17, 15) is 5.11 Å². The van der Waals surface area contributed by atoms with Crippen LogP contribution in [-0.4, -0.2) is 21.5 Å². The van der Waals surface area contributed by atoms with Crippen LogP contribution in [0.15, 0.2) is 53.7 Å². The van der Waals surface area contributed by atoms with Crippen LogP contribution in [-0.2, 0) is 10.5 Å². The van der Waals surface area contributed by atoms with Crippen LogP contribution in [0.1, 0.15) is 31.1 Å². The molecule has 2 aromatic carbocycles. The first-order valence-corrected chi connectivity index (χ1v) is 9.27. The molecular formula is C19H20N2O2S. The number of thioether (sulfide) groups is 1. The quantitative estimate of drug-likeness (QED) is 0.697. The van der Waals surface area contributed by atoms with Crippen LogP contribution >= 0.6 is 11.8 Å². The van der Waals surface area contributed by atoms with Crippen LogP contribution < -0.4 is 0 Å². The van der Waals surface area contributed by atoms with E-state index < -0.39 is 0 Å². The Morgan fingerprint density at radius 3 is 3.04 bits per heavy atom. The fraction of sp³-hybridized carbons (Fsp3) is 0.316. The van der Waals surface area contributed by atoms with E-state index in [2.05, 4.69) is 17.4 Å². The highest BCUT2D eigenvalue weighted by Gasteiger charge is 2.16. The maximum Gasteiger partial charge on any atom is 0.150 e. The van der Waals surface area contributed by atoms with Crippen molar-refractivity contribution in [2.24, 2.45) is 0 Å². The number of rotatable bonds is 4. The van der Waals surface area contributed by atoms with Crippen LogP contribution in [0.4, 0.5) is 0 Å². The van der Waals surface area contributed by atoms with Crippen molar-refractivity contribution in [1.29, 1.82) is 0 Å². The second-order valence-corrected chi connectivity index (χ2v) is 7.15. The summed E-state index contributed by atoms with van der Waals surface area (Å²) in [5.41, 5.74) is 1.17. The monoisotopic (exact) mass is 340 g/mol. The molecule has 0 saturated carbocycles. The van der Waals surface area contributed by atoms with Crippen molar-refractivity contribution < 1.29 is 9.84 Å². The average Bonchev–Trinajstić information content (AvgIpc) is 3.10. The number of fused-ring (bicyclic) bond motifs is 1. The number of benzene rings is 2. The lowest BCUT2D eigenvalue weighted by Gasteiger charge is -2.22. The van der Waals surface area contributed by atoms with E-state index in [0.717, 1.165) is 40.9 Å². The molecule has 1 fully saturated rings. The molecule has 124 valence electrons. The van der Waals surface area contributed by atoms with E-state index >= 15 is 0 Å². The zero-order chi connectivity index (χ0) is 16.4. The molecule has 1 saturated heterocycles. The van der Waals surface area contributed by atoms with Gasteiger partial charge in [-0.15, -0.1) is 11.8 Å². The van der Waals surface area contributed by atoms with E-state index in [1.54, 1.807) is 11.8 Å². The summed E-state index contributed by atoms with van der Waals surface area (Å²) in [5, 5.41) is 16.6. The maximum absolute atomic E-state index is 10.2. The summed E-state index contributed by atoms with van der Waals surface area (Å²) < 4.78 is 7.70. The highest BCUT2D eigenvalue weighted by Crippen LogP contribution is 2.33. The third-order valence-electron chi connectivity index (χ3n) is 4.32. The van der Waals surface area contributed by atoms with Gasteiger partial charge in [-0.05, 0) is 36.8 Å². The van der Waals surface area contributed by atoms with Gasteiger partial charge in [0.15, 0.2) is 0 Å². The minimum Gasteiger partial charge on any atom is -0.507 e. The topological polar surface area (TPSA) is 47.3 Å². The van der Waals surface area contributed by atoms with Crippen LogP contribution in [0.25, 0.3) is 10.8 Å². The summed E-state index contributed by atoms with van der Waals surface area (Å²) in [4.78, 5) is 1.06. The van der Waals surface area contributed by atoms with Gasteiger partial charge in [-0.25, -0.2) is 4.68 Å². The number of nitrogens with zero attached hydrogens (tertiary/aromatic N) is 2. The highest BCUT2D eigenvalue weighted by atomic mass is 32.2. The molecule has 1 aliphatic rings. The van der Waals surface area contributed by atoms with Crippen LogP contribution in [0, 0.1) is 0 Å². The molecule has 3 aromatic rings. The second kappa shape index (κ2) is 6.87. The minimum absolute atomic E-state index is 0.0854. The predicted molar refractivity (Wildman–Crippen MR) is 96.2 cm³/mol. The summed E-state index contributed by atoms with van der Waals surface area (Å²) in [6.45, 7) is 0.824. The van der Waals surface area contributed by atoms with Crippen molar-refractivity contribution >= 4 is 22.5 Å². The van der Waals surface area contributed by atoms with Crippen molar-refractivity contribution in [3.8, 4) is 5.75 Å². The maximum atomic E-state index is 10.2. The van der Waals surface area contributed by atoms with Crippen molar-refractivity contribution in [2.75, 3.05) is 6.61 Å². The molecule has 1 atom stereocenters. The molecule has 0 bridgehead atoms. The molecule has 4 nitrogen and oxygen atoms in total. The van der Waals surface area contributed by atoms with E-state index in [1.807, 2.05) is 41.2 Å². The van der Waals surface area contributed by atoms with Crippen LogP contribution in [0.5, 0.6) is 5.75 Å². The second-order valence-electron chi connectivity index (χ2n) is 6.10. The number of hydrogen-bond donors (Lipinski definition) is 1. The number of aromatic hydroxyl groups is 1. The van der Waals surface area contributed by atoms with E-state index in [-0.39, 0.29) is 6.23 Å². The van der Waals surface area contributed by atoms with Gasteiger partial charge in [0.2, 0.25) is 0 Å². The lowest BCUT2D eigenvalue weighted by Crippen LogP contribution is -2.18. The van der Waals surface area contributed by atoms with E-state index in [1.165, 1.54) is 12.0 Å². The molecule has 1 aliphatic heterocycles. The average molecular weight is 340 g/mol. The molecule has 4 rings (SSSR count). The Morgan fingerprint density at radius 2 is 2.17 bits per heavy atom. The predicted octanol–water partition coefficient (Wildman–Crippen LogP) is 4.73. The zero-order valence-corrected chi connectivity index (χ0v) is 14.2. The lowest BCUT2D eigenvalue weighted by atomic mass is 10.1. The molecule has 0 aliphatic carbocycles. The third kappa shape index (κ3) is 3.28. The van der Waals surface area contributed by atoms with Gasteiger partial charge in [0.25, 0.3) is 0 Å². The fourth-order valence-corrected chi connectivity index (χ4v) is 3.94. The molecule has 1 N–H and O–H groups in total. The van der Waals surface area contributed by atoms with Crippen molar-refractivity contribution in [2.45, 2.75) is 36.1 Å². The Bertz CT molecular complexity index is 840. The van der Waals surface area contributed by atoms with E-state index in [0.29, 0.717) is 5.75 Å². The Morgan fingerprint density at radius 1 is 1.25 bits per heavy atom. The highest BCUT2D eigenvalue weighted by molar-refractivity contribution is 7.98. The Balaban J connectivity index is 1.46. The van der Waals surface area contributed by atoms with Gasteiger partial charge >= 0.3 is 0 Å². The SMILES string of the molecule is Oc1cc(SCc2cnn(C3CCCCO3)c2)cc2ccccc12. The lowest BCUT2D eigenvalue weighted by molar-refractivity contribution is -0.0395. The van der Waals surface area contributed by atoms with Gasteiger partial charge in [0, 0.05) is 34.4 Å². The largest absolute Gasteiger partial charge is 0.507 e. The van der Waals surface area contributed by atoms with Gasteiger partial charge < -0.3 is 9.84 Å². The van der Waals surface area contributed by atoms with Gasteiger partial charge in [0.1, 0.15) is 12.0 Å². The Labute approximate surface area is 145 Å². The first-order valence-electron chi connectivity index (χ1n) is 8.29. The fourth-order valence-electron chi connectivity index (χ4n) is 3.06. The number of phenolic OH excluding ortho intramolecular Hbond substituents is 1. The summed E-state index contributed by atoms with van der Waals surface area (Å²) >= 11 is 1.71. The van der Waals surface area contributed by atoms with Crippen LogP contribution in [0.2, 0.25) is 0 Å². The van der Waals surface area contributed by atoms with Crippen molar-refractivity contribution in [3.63, 3.8) is 0 Å². The molecule has 2 heterocycles. The summed E-state index contributed by atoms with van der Waals surface area (Å²) in [6.07, 6.45) is 7.45. The van der Waals surface area contributed by atoms with Crippen LogP contribution in [0.3, 0.4) is 0 Å². The van der Waals surface area contributed by atoms with E-state index in [4.69, 9.17) is 4.74 Å². The third-order valence-corrected chi connectivity index (χ3v) is 5.37. The summed E-state index contributed by atoms with van der Waals surface area (Å²) in [7, 11) is 0. The molecular weight excluding hydrogens is 320 g/mol. The Kier molecular flexibility index (Phi) is 4.45. The molecule has 1 unspecified atom stereocenters. The minimum atomic E-state index is 0.0854. The summed E-state index contributed by atoms with van der Waals surface area (Å²) in [5.74, 6) is 1.16. The zero-order valence-electron chi connectivity index (χ0n) is 13.4.